The van der Waals surface area contributed by atoms with Crippen LogP contribution in [0.2, 0.25) is 0 Å². The second-order valence-corrected chi connectivity index (χ2v) is 8.48. The van der Waals surface area contributed by atoms with Crippen molar-refractivity contribution >= 4 is 21.6 Å². The molecule has 1 aliphatic rings. The van der Waals surface area contributed by atoms with Crippen molar-refractivity contribution in [1.29, 1.82) is 0 Å². The molecule has 0 unspecified atom stereocenters. The summed E-state index contributed by atoms with van der Waals surface area (Å²) in [7, 11) is -2.34. The maximum absolute atomic E-state index is 13.0. The average Bonchev–Trinajstić information content (AvgIpc) is 2.67. The molecular weight excluding hydrogens is 380 g/mol. The normalized spacial score (nSPS) is 19.9. The van der Waals surface area contributed by atoms with Gasteiger partial charge in [-0.1, -0.05) is 12.1 Å². The maximum atomic E-state index is 13.0. The number of para-hydroxylation sites is 1. The van der Waals surface area contributed by atoms with Crippen LogP contribution in [0.1, 0.15) is 24.2 Å². The van der Waals surface area contributed by atoms with E-state index in [-0.39, 0.29) is 28.7 Å². The number of sulfonamides is 1. The Morgan fingerprint density at radius 1 is 1.07 bits per heavy atom. The molecule has 3 rings (SSSR count). The number of carbonyl (C=O) groups excluding carboxylic acids is 1. The first kappa shape index (κ1) is 20.2. The monoisotopic (exact) mass is 404 g/mol. The minimum Gasteiger partial charge on any atom is -0.497 e. The van der Waals surface area contributed by atoms with Gasteiger partial charge in [-0.15, -0.1) is 0 Å². The molecule has 7 nitrogen and oxygen atoms in total. The van der Waals surface area contributed by atoms with Crippen LogP contribution < -0.4 is 9.46 Å². The van der Waals surface area contributed by atoms with E-state index in [0.29, 0.717) is 24.4 Å². The fourth-order valence-electron chi connectivity index (χ4n) is 3.23. The van der Waals surface area contributed by atoms with Crippen molar-refractivity contribution in [3.63, 3.8) is 0 Å². The first-order valence-corrected chi connectivity index (χ1v) is 10.5. The number of hydrogen-bond donors (Lipinski definition) is 1. The number of ether oxygens (including phenoxy) is 2. The molecule has 0 spiro atoms. The lowest BCUT2D eigenvalue weighted by Gasteiger charge is -2.35. The third-order valence-electron chi connectivity index (χ3n) is 4.48. The molecule has 0 aliphatic carbocycles. The van der Waals surface area contributed by atoms with Crippen LogP contribution in [0.3, 0.4) is 0 Å². The second kappa shape index (κ2) is 8.20. The van der Waals surface area contributed by atoms with E-state index in [2.05, 4.69) is 4.72 Å². The van der Waals surface area contributed by atoms with Crippen molar-refractivity contribution in [3.8, 4) is 5.75 Å². The number of anilines is 1. The molecule has 1 heterocycles. The lowest BCUT2D eigenvalue weighted by Crippen LogP contribution is -2.48. The number of benzene rings is 2. The minimum absolute atomic E-state index is 0.0733. The summed E-state index contributed by atoms with van der Waals surface area (Å²) in [5.74, 6) is 0.333. The molecule has 1 saturated heterocycles. The first-order chi connectivity index (χ1) is 13.3. The number of morpholine rings is 1. The van der Waals surface area contributed by atoms with Crippen LogP contribution in [0.4, 0.5) is 5.69 Å². The molecule has 1 aliphatic heterocycles. The van der Waals surface area contributed by atoms with Gasteiger partial charge in [0.1, 0.15) is 5.75 Å². The summed E-state index contributed by atoms with van der Waals surface area (Å²) in [6.07, 6.45) is -0.147. The maximum Gasteiger partial charge on any atom is 0.261 e. The third-order valence-corrected chi connectivity index (χ3v) is 5.86. The Morgan fingerprint density at radius 3 is 2.29 bits per heavy atom. The molecule has 2 aromatic rings. The van der Waals surface area contributed by atoms with Crippen LogP contribution in [0.5, 0.6) is 5.75 Å². The smallest absolute Gasteiger partial charge is 0.261 e. The van der Waals surface area contributed by atoms with E-state index in [9.17, 15) is 13.2 Å². The van der Waals surface area contributed by atoms with Gasteiger partial charge in [-0.25, -0.2) is 8.42 Å². The topological polar surface area (TPSA) is 84.9 Å². The summed E-state index contributed by atoms with van der Waals surface area (Å²) in [6.45, 7) is 4.74. The first-order valence-electron chi connectivity index (χ1n) is 9.01. The van der Waals surface area contributed by atoms with Crippen molar-refractivity contribution in [1.82, 2.24) is 4.90 Å². The van der Waals surface area contributed by atoms with Gasteiger partial charge in [-0.05, 0) is 50.2 Å². The Bertz CT molecular complexity index is 933. The van der Waals surface area contributed by atoms with Crippen LogP contribution in [-0.2, 0) is 14.8 Å². The summed E-state index contributed by atoms with van der Waals surface area (Å²) in [5, 5.41) is 0. The van der Waals surface area contributed by atoms with E-state index in [1.165, 1.54) is 19.2 Å². The zero-order chi connectivity index (χ0) is 20.3. The molecule has 150 valence electrons. The van der Waals surface area contributed by atoms with E-state index >= 15 is 0 Å². The molecule has 0 radical (unpaired) electrons. The highest BCUT2D eigenvalue weighted by atomic mass is 32.2. The molecule has 0 saturated carbocycles. The predicted molar refractivity (Wildman–Crippen MR) is 106 cm³/mol. The van der Waals surface area contributed by atoms with Crippen molar-refractivity contribution in [2.24, 2.45) is 0 Å². The highest BCUT2D eigenvalue weighted by Gasteiger charge is 2.28. The standard InChI is InChI=1S/C20H24N2O5S/c1-14-12-22(13-15(2)27-14)20(23)18-6-4-5-7-19(18)21-28(24,25)17-10-8-16(26-3)9-11-17/h4-11,14-15,21H,12-13H2,1-3H3/t14-,15+. The fraction of sp³-hybridized carbons (Fsp3) is 0.350. The van der Waals surface area contributed by atoms with Gasteiger partial charge in [0.2, 0.25) is 0 Å². The second-order valence-electron chi connectivity index (χ2n) is 6.79. The van der Waals surface area contributed by atoms with Gasteiger partial charge in [0.05, 0.1) is 35.5 Å². The molecule has 28 heavy (non-hydrogen) atoms. The Hall–Kier alpha value is -2.58. The van der Waals surface area contributed by atoms with Gasteiger partial charge in [-0.2, -0.15) is 0 Å². The van der Waals surface area contributed by atoms with Crippen molar-refractivity contribution in [2.75, 3.05) is 24.9 Å². The van der Waals surface area contributed by atoms with E-state index < -0.39 is 10.0 Å². The van der Waals surface area contributed by atoms with Crippen LogP contribution in [-0.4, -0.2) is 51.6 Å². The quantitative estimate of drug-likeness (QED) is 0.828. The fourth-order valence-corrected chi connectivity index (χ4v) is 4.31. The molecule has 2 atom stereocenters. The van der Waals surface area contributed by atoms with Gasteiger partial charge < -0.3 is 14.4 Å². The Kier molecular flexibility index (Phi) is 5.90. The molecule has 2 aromatic carbocycles. The summed E-state index contributed by atoms with van der Waals surface area (Å²) >= 11 is 0. The predicted octanol–water partition coefficient (Wildman–Crippen LogP) is 2.75. The summed E-state index contributed by atoms with van der Waals surface area (Å²) in [6, 6.07) is 12.7. The third kappa shape index (κ3) is 4.45. The van der Waals surface area contributed by atoms with Crippen LogP contribution >= 0.6 is 0 Å². The number of hydrogen-bond acceptors (Lipinski definition) is 5. The summed E-state index contributed by atoms with van der Waals surface area (Å²) < 4.78 is 38.8. The molecule has 1 N–H and O–H groups in total. The van der Waals surface area contributed by atoms with E-state index in [0.717, 1.165) is 0 Å². The lowest BCUT2D eigenvalue weighted by molar-refractivity contribution is -0.0585. The largest absolute Gasteiger partial charge is 0.497 e. The number of rotatable bonds is 5. The average molecular weight is 404 g/mol. The molecule has 0 aromatic heterocycles. The Labute approximate surface area is 165 Å². The Balaban J connectivity index is 1.86. The lowest BCUT2D eigenvalue weighted by atomic mass is 10.1. The molecule has 1 amide bonds. The SMILES string of the molecule is COc1ccc(S(=O)(=O)Nc2ccccc2C(=O)N2C[C@@H](C)O[C@@H](C)C2)cc1. The van der Waals surface area contributed by atoms with Crippen LogP contribution in [0.25, 0.3) is 0 Å². The minimum atomic E-state index is -3.85. The number of nitrogens with one attached hydrogen (secondary N) is 1. The molecule has 8 heteroatoms. The van der Waals surface area contributed by atoms with Crippen molar-refractivity contribution in [3.05, 3.63) is 54.1 Å². The van der Waals surface area contributed by atoms with E-state index in [1.54, 1.807) is 41.3 Å². The van der Waals surface area contributed by atoms with Crippen molar-refractivity contribution in [2.45, 2.75) is 31.0 Å². The number of carbonyl (C=O) groups is 1. The number of methoxy groups -OCH3 is 1. The summed E-state index contributed by atoms with van der Waals surface area (Å²) in [5.41, 5.74) is 0.552. The van der Waals surface area contributed by atoms with Crippen LogP contribution in [0.15, 0.2) is 53.4 Å². The Morgan fingerprint density at radius 2 is 1.68 bits per heavy atom. The zero-order valence-corrected chi connectivity index (χ0v) is 16.9. The van der Waals surface area contributed by atoms with E-state index in [1.807, 2.05) is 13.8 Å². The molecular formula is C20H24N2O5S. The van der Waals surface area contributed by atoms with Gasteiger partial charge in [0.25, 0.3) is 15.9 Å². The summed E-state index contributed by atoms with van der Waals surface area (Å²) in [4.78, 5) is 14.8. The van der Waals surface area contributed by atoms with E-state index in [4.69, 9.17) is 9.47 Å². The van der Waals surface area contributed by atoms with Gasteiger partial charge in [0.15, 0.2) is 0 Å². The van der Waals surface area contributed by atoms with Crippen LogP contribution in [0, 0.1) is 0 Å². The van der Waals surface area contributed by atoms with Crippen molar-refractivity contribution < 1.29 is 22.7 Å². The zero-order valence-electron chi connectivity index (χ0n) is 16.1. The molecule has 0 bridgehead atoms. The number of nitrogens with zero attached hydrogens (tertiary/aromatic N) is 1. The van der Waals surface area contributed by atoms with Gasteiger partial charge in [0, 0.05) is 13.1 Å². The number of amides is 1. The molecule has 1 fully saturated rings. The van der Waals surface area contributed by atoms with Gasteiger partial charge in [-0.3, -0.25) is 9.52 Å². The highest BCUT2D eigenvalue weighted by Crippen LogP contribution is 2.24. The highest BCUT2D eigenvalue weighted by molar-refractivity contribution is 7.92. The van der Waals surface area contributed by atoms with Gasteiger partial charge >= 0.3 is 0 Å².